The molecular weight excluding hydrogens is 458 g/mol. The molecule has 1 aromatic heterocycles. The van der Waals surface area contributed by atoms with Crippen molar-refractivity contribution in [2.75, 3.05) is 62.2 Å². The van der Waals surface area contributed by atoms with E-state index in [2.05, 4.69) is 49.9 Å². The number of piperazine rings is 2. The third-order valence-corrected chi connectivity index (χ3v) is 7.48. The molecule has 1 amide bonds. The number of carbonyl (C=O) groups excluding carboxylic acids is 1. The van der Waals surface area contributed by atoms with Gasteiger partial charge in [0.05, 0.1) is 5.69 Å². The lowest BCUT2D eigenvalue weighted by Gasteiger charge is -2.37. The number of para-hydroxylation sites is 1. The summed E-state index contributed by atoms with van der Waals surface area (Å²) >= 11 is 0. The second-order valence-corrected chi connectivity index (χ2v) is 9.99. The lowest BCUT2D eigenvalue weighted by atomic mass is 10.0. The molecule has 0 unspecified atom stereocenters. The molecule has 0 saturated carbocycles. The number of aryl methyl sites for hydroxylation is 2. The van der Waals surface area contributed by atoms with E-state index < -0.39 is 0 Å². The van der Waals surface area contributed by atoms with Gasteiger partial charge in [-0.05, 0) is 55.3 Å². The van der Waals surface area contributed by atoms with Crippen molar-refractivity contribution in [2.24, 2.45) is 0 Å². The fourth-order valence-corrected chi connectivity index (χ4v) is 5.29. The van der Waals surface area contributed by atoms with E-state index in [0.717, 1.165) is 79.7 Å². The standard InChI is InChI=1S/C31H35N5O/c1-4-27-9-5-6-10-29(27)34-16-14-33(15-17-34)23-26-13-12-24(2)28(22-26)31(37)36-20-18-35(19-21-36)30-11-7-8-25(3)32-30/h1,5-13,22H,14-21,23H2,2-3H3. The number of amides is 1. The molecule has 6 nitrogen and oxygen atoms in total. The predicted molar refractivity (Wildman–Crippen MR) is 150 cm³/mol. The summed E-state index contributed by atoms with van der Waals surface area (Å²) in [5.74, 6) is 3.93. The van der Waals surface area contributed by atoms with Gasteiger partial charge in [0.2, 0.25) is 0 Å². The molecule has 0 aliphatic carbocycles. The van der Waals surface area contributed by atoms with Crippen LogP contribution in [0.2, 0.25) is 0 Å². The van der Waals surface area contributed by atoms with Crippen LogP contribution in [0.4, 0.5) is 11.5 Å². The summed E-state index contributed by atoms with van der Waals surface area (Å²) in [7, 11) is 0. The predicted octanol–water partition coefficient (Wildman–Crippen LogP) is 3.96. The van der Waals surface area contributed by atoms with Crippen LogP contribution >= 0.6 is 0 Å². The summed E-state index contributed by atoms with van der Waals surface area (Å²) in [4.78, 5) is 27.2. The van der Waals surface area contributed by atoms with Crippen LogP contribution < -0.4 is 9.80 Å². The molecule has 3 heterocycles. The second kappa shape index (κ2) is 11.1. The molecule has 2 aliphatic rings. The molecule has 37 heavy (non-hydrogen) atoms. The highest BCUT2D eigenvalue weighted by Gasteiger charge is 2.25. The van der Waals surface area contributed by atoms with Gasteiger partial charge < -0.3 is 14.7 Å². The van der Waals surface area contributed by atoms with Crippen LogP contribution in [0.1, 0.15) is 32.7 Å². The number of terminal acetylenes is 1. The maximum atomic E-state index is 13.5. The molecule has 0 atom stereocenters. The molecule has 0 spiro atoms. The van der Waals surface area contributed by atoms with E-state index in [1.165, 1.54) is 5.56 Å². The van der Waals surface area contributed by atoms with Crippen LogP contribution in [0, 0.1) is 26.2 Å². The maximum Gasteiger partial charge on any atom is 0.254 e. The number of hydrogen-bond donors (Lipinski definition) is 0. The van der Waals surface area contributed by atoms with Gasteiger partial charge in [-0.15, -0.1) is 6.42 Å². The summed E-state index contributed by atoms with van der Waals surface area (Å²) in [6.07, 6.45) is 5.71. The van der Waals surface area contributed by atoms with Crippen LogP contribution in [0.3, 0.4) is 0 Å². The summed E-state index contributed by atoms with van der Waals surface area (Å²) in [6.45, 7) is 11.7. The van der Waals surface area contributed by atoms with Crippen molar-refractivity contribution in [2.45, 2.75) is 20.4 Å². The Bertz CT molecular complexity index is 1300. The van der Waals surface area contributed by atoms with Crippen molar-refractivity contribution in [3.8, 4) is 12.3 Å². The fraction of sp³-hybridized carbons (Fsp3) is 0.355. The normalized spacial score (nSPS) is 16.5. The van der Waals surface area contributed by atoms with Gasteiger partial charge in [0.1, 0.15) is 5.82 Å². The first-order valence-corrected chi connectivity index (χ1v) is 13.1. The first kappa shape index (κ1) is 24.9. The minimum absolute atomic E-state index is 0.131. The van der Waals surface area contributed by atoms with Crippen molar-refractivity contribution in [3.63, 3.8) is 0 Å². The Balaban J connectivity index is 1.19. The number of hydrogen-bond acceptors (Lipinski definition) is 5. The quantitative estimate of drug-likeness (QED) is 0.504. The Labute approximate surface area is 220 Å². The van der Waals surface area contributed by atoms with E-state index in [0.29, 0.717) is 13.1 Å². The Kier molecular flexibility index (Phi) is 7.43. The van der Waals surface area contributed by atoms with Gasteiger partial charge in [0, 0.05) is 75.7 Å². The van der Waals surface area contributed by atoms with Gasteiger partial charge in [-0.2, -0.15) is 0 Å². The Morgan fingerprint density at radius 2 is 1.59 bits per heavy atom. The third-order valence-electron chi connectivity index (χ3n) is 7.48. The number of nitrogens with zero attached hydrogens (tertiary/aromatic N) is 5. The number of carbonyl (C=O) groups is 1. The van der Waals surface area contributed by atoms with Crippen molar-refractivity contribution in [1.82, 2.24) is 14.8 Å². The number of rotatable bonds is 5. The van der Waals surface area contributed by atoms with Crippen LogP contribution in [0.15, 0.2) is 60.7 Å². The summed E-state index contributed by atoms with van der Waals surface area (Å²) in [6, 6.07) is 20.6. The van der Waals surface area contributed by atoms with E-state index in [4.69, 9.17) is 6.42 Å². The van der Waals surface area contributed by atoms with Crippen LogP contribution in [0.5, 0.6) is 0 Å². The van der Waals surface area contributed by atoms with Crippen LogP contribution in [0.25, 0.3) is 0 Å². The molecule has 3 aromatic rings. The number of anilines is 2. The minimum atomic E-state index is 0.131. The average molecular weight is 494 g/mol. The smallest absolute Gasteiger partial charge is 0.254 e. The molecule has 2 aliphatic heterocycles. The largest absolute Gasteiger partial charge is 0.368 e. The molecule has 2 aromatic carbocycles. The van der Waals surface area contributed by atoms with Crippen molar-refractivity contribution >= 4 is 17.4 Å². The Morgan fingerprint density at radius 1 is 0.865 bits per heavy atom. The first-order valence-electron chi connectivity index (χ1n) is 13.1. The summed E-state index contributed by atoms with van der Waals surface area (Å²) < 4.78 is 0. The number of aromatic nitrogens is 1. The van der Waals surface area contributed by atoms with Crippen LogP contribution in [-0.4, -0.2) is 73.0 Å². The van der Waals surface area contributed by atoms with E-state index in [1.807, 2.05) is 55.1 Å². The minimum Gasteiger partial charge on any atom is -0.368 e. The lowest BCUT2D eigenvalue weighted by molar-refractivity contribution is 0.0745. The fourth-order valence-electron chi connectivity index (χ4n) is 5.29. The van der Waals surface area contributed by atoms with Gasteiger partial charge in [-0.1, -0.05) is 36.3 Å². The zero-order valence-electron chi connectivity index (χ0n) is 21.9. The highest BCUT2D eigenvalue weighted by molar-refractivity contribution is 5.96. The molecular formula is C31H35N5O. The third kappa shape index (κ3) is 5.63. The topological polar surface area (TPSA) is 42.9 Å². The van der Waals surface area contributed by atoms with Gasteiger partial charge in [0.15, 0.2) is 0 Å². The van der Waals surface area contributed by atoms with Crippen LogP contribution in [-0.2, 0) is 6.54 Å². The molecule has 2 saturated heterocycles. The summed E-state index contributed by atoms with van der Waals surface area (Å²) in [5, 5.41) is 0. The van der Waals surface area contributed by atoms with E-state index in [9.17, 15) is 4.79 Å². The summed E-state index contributed by atoms with van der Waals surface area (Å²) in [5.41, 5.74) is 6.16. The van der Waals surface area contributed by atoms with E-state index in [1.54, 1.807) is 0 Å². The zero-order chi connectivity index (χ0) is 25.8. The number of pyridine rings is 1. The average Bonchev–Trinajstić information content (AvgIpc) is 2.94. The molecule has 0 bridgehead atoms. The maximum absolute atomic E-state index is 13.5. The monoisotopic (exact) mass is 493 g/mol. The molecule has 6 heteroatoms. The zero-order valence-corrected chi connectivity index (χ0v) is 21.9. The van der Waals surface area contributed by atoms with E-state index in [-0.39, 0.29) is 5.91 Å². The van der Waals surface area contributed by atoms with Crippen molar-refractivity contribution in [3.05, 3.63) is 88.6 Å². The molecule has 2 fully saturated rings. The van der Waals surface area contributed by atoms with Gasteiger partial charge in [0.25, 0.3) is 5.91 Å². The molecule has 190 valence electrons. The number of benzene rings is 2. The molecule has 5 rings (SSSR count). The van der Waals surface area contributed by atoms with E-state index >= 15 is 0 Å². The lowest BCUT2D eigenvalue weighted by Crippen LogP contribution is -2.49. The van der Waals surface area contributed by atoms with Gasteiger partial charge >= 0.3 is 0 Å². The Morgan fingerprint density at radius 3 is 2.32 bits per heavy atom. The Hall–Kier alpha value is -3.82. The molecule has 0 N–H and O–H groups in total. The first-order chi connectivity index (χ1) is 18.0. The van der Waals surface area contributed by atoms with Gasteiger partial charge in [-0.3, -0.25) is 9.69 Å². The molecule has 0 radical (unpaired) electrons. The SMILES string of the molecule is C#Cc1ccccc1N1CCN(Cc2ccc(C)c(C(=O)N3CCN(c4cccc(C)n4)CC3)c2)CC1. The second-order valence-electron chi connectivity index (χ2n) is 9.99. The van der Waals surface area contributed by atoms with Crippen molar-refractivity contribution < 1.29 is 4.79 Å². The highest BCUT2D eigenvalue weighted by Crippen LogP contribution is 2.23. The van der Waals surface area contributed by atoms with Gasteiger partial charge in [-0.25, -0.2) is 4.98 Å². The van der Waals surface area contributed by atoms with Crippen molar-refractivity contribution in [1.29, 1.82) is 0 Å². The highest BCUT2D eigenvalue weighted by atomic mass is 16.2.